The molecular formula is C33H45NO5. The lowest BCUT2D eigenvalue weighted by Crippen LogP contribution is -2.67. The van der Waals surface area contributed by atoms with E-state index in [4.69, 9.17) is 9.47 Å². The Balaban J connectivity index is 1.53. The molecule has 3 saturated carbocycles. The van der Waals surface area contributed by atoms with Crippen LogP contribution < -0.4 is 0 Å². The minimum Gasteiger partial charge on any atom is -0.469 e. The molecule has 4 fully saturated rings. The summed E-state index contributed by atoms with van der Waals surface area (Å²) in [6.07, 6.45) is 10.4. The Kier molecular flexibility index (Phi) is 5.48. The molecule has 1 N–H and O–H groups in total. The summed E-state index contributed by atoms with van der Waals surface area (Å²) in [7, 11) is 1.49. The van der Waals surface area contributed by atoms with Crippen LogP contribution in [0.1, 0.15) is 92.9 Å². The number of carbonyl (C=O) groups excluding carboxylic acids is 2. The number of ketones is 1. The van der Waals surface area contributed by atoms with E-state index in [9.17, 15) is 20.0 Å². The molecule has 212 valence electrons. The van der Waals surface area contributed by atoms with Crippen molar-refractivity contribution in [2.24, 2.45) is 50.2 Å². The van der Waals surface area contributed by atoms with Crippen molar-refractivity contribution in [2.45, 2.75) is 98.7 Å². The van der Waals surface area contributed by atoms with Gasteiger partial charge in [0.2, 0.25) is 5.79 Å². The number of methoxy groups -OCH3 is 1. The zero-order valence-electron chi connectivity index (χ0n) is 24.8. The second kappa shape index (κ2) is 7.85. The van der Waals surface area contributed by atoms with E-state index in [0.29, 0.717) is 13.0 Å². The molecule has 1 heterocycles. The van der Waals surface area contributed by atoms with Crippen LogP contribution in [0.5, 0.6) is 0 Å². The molecule has 5 aliphatic carbocycles. The average molecular weight is 536 g/mol. The van der Waals surface area contributed by atoms with Crippen LogP contribution in [-0.2, 0) is 19.1 Å². The first-order chi connectivity index (χ1) is 18.1. The topological polar surface area (TPSA) is 96.6 Å². The van der Waals surface area contributed by atoms with E-state index in [2.05, 4.69) is 47.6 Å². The van der Waals surface area contributed by atoms with Gasteiger partial charge in [-0.3, -0.25) is 9.59 Å². The summed E-state index contributed by atoms with van der Waals surface area (Å²) < 4.78 is 11.3. The number of nitriles is 1. The highest BCUT2D eigenvalue weighted by Gasteiger charge is 2.73. The van der Waals surface area contributed by atoms with Crippen molar-refractivity contribution in [1.29, 1.82) is 5.26 Å². The van der Waals surface area contributed by atoms with Gasteiger partial charge in [-0.2, -0.15) is 5.26 Å². The summed E-state index contributed by atoms with van der Waals surface area (Å²) in [5.41, 5.74) is -0.903. The third-order valence-electron chi connectivity index (χ3n) is 13.6. The van der Waals surface area contributed by atoms with E-state index in [1.165, 1.54) is 7.11 Å². The highest BCUT2D eigenvalue weighted by Crippen LogP contribution is 2.76. The smallest absolute Gasteiger partial charge is 0.312 e. The third kappa shape index (κ3) is 3.00. The largest absolute Gasteiger partial charge is 0.469 e. The number of fused-ring (bicyclic) bond motifs is 9. The number of hydrogen-bond acceptors (Lipinski definition) is 6. The highest BCUT2D eigenvalue weighted by molar-refractivity contribution is 5.96. The van der Waals surface area contributed by atoms with Crippen LogP contribution in [0.15, 0.2) is 23.3 Å². The first-order valence-electron chi connectivity index (χ1n) is 14.9. The number of nitrogens with zero attached hydrogens (tertiary/aromatic N) is 1. The second-order valence-electron chi connectivity index (χ2n) is 15.5. The molecule has 0 aromatic rings. The predicted octanol–water partition coefficient (Wildman–Crippen LogP) is 5.90. The van der Waals surface area contributed by atoms with E-state index in [1.54, 1.807) is 0 Å². The molecule has 0 amide bonds. The fourth-order valence-electron chi connectivity index (χ4n) is 11.2. The fraction of sp³-hybridized carbons (Fsp3) is 0.788. The number of hydrogen-bond donors (Lipinski definition) is 1. The maximum atomic E-state index is 14.5. The molecule has 9 atom stereocenters. The lowest BCUT2D eigenvalue weighted by atomic mass is 9.34. The van der Waals surface area contributed by atoms with Crippen molar-refractivity contribution in [3.63, 3.8) is 0 Å². The van der Waals surface area contributed by atoms with Crippen molar-refractivity contribution in [1.82, 2.24) is 0 Å². The number of ether oxygens (including phenoxy) is 2. The summed E-state index contributed by atoms with van der Waals surface area (Å²) in [5, 5.41) is 21.8. The zero-order chi connectivity index (χ0) is 28.4. The van der Waals surface area contributed by atoms with Gasteiger partial charge in [-0.05, 0) is 85.5 Å². The Morgan fingerprint density at radius 3 is 2.41 bits per heavy atom. The molecule has 0 bridgehead atoms. The molecule has 6 aliphatic rings. The third-order valence-corrected chi connectivity index (χ3v) is 13.6. The molecular weight excluding hydrogens is 490 g/mol. The van der Waals surface area contributed by atoms with Gasteiger partial charge in [-0.1, -0.05) is 53.2 Å². The number of esters is 1. The number of rotatable bonds is 1. The first kappa shape index (κ1) is 27.2. The fourth-order valence-corrected chi connectivity index (χ4v) is 11.2. The second-order valence-corrected chi connectivity index (χ2v) is 15.5. The monoisotopic (exact) mass is 535 g/mol. The summed E-state index contributed by atoms with van der Waals surface area (Å²) in [4.78, 5) is 27.9. The van der Waals surface area contributed by atoms with Crippen LogP contribution >= 0.6 is 0 Å². The zero-order valence-corrected chi connectivity index (χ0v) is 24.8. The lowest BCUT2D eigenvalue weighted by molar-refractivity contribution is -0.229. The van der Waals surface area contributed by atoms with E-state index >= 15 is 0 Å². The summed E-state index contributed by atoms with van der Waals surface area (Å²) in [6.45, 7) is 13.9. The van der Waals surface area contributed by atoms with E-state index in [0.717, 1.165) is 50.5 Å². The summed E-state index contributed by atoms with van der Waals surface area (Å²) >= 11 is 0. The van der Waals surface area contributed by atoms with Gasteiger partial charge in [0.25, 0.3) is 0 Å². The number of carbonyl (C=O) groups is 2. The molecule has 0 radical (unpaired) electrons. The van der Waals surface area contributed by atoms with Crippen LogP contribution in [0.2, 0.25) is 0 Å². The number of allylic oxidation sites excluding steroid dienone is 3. The Labute approximate surface area is 233 Å². The molecule has 1 aliphatic heterocycles. The van der Waals surface area contributed by atoms with Gasteiger partial charge in [0.05, 0.1) is 24.7 Å². The SMILES string of the molecule is COC(=O)[C@]12CCC(C)(C)C[C@H]1[C@H]1C(=O)C=C3[C@@]4(C)C=C(C#N)C5(O)OCC[C@@]5(C)C4CC[C@@]3(C)[C@]1(C)CC2. The van der Waals surface area contributed by atoms with E-state index in [-0.39, 0.29) is 51.3 Å². The molecule has 6 nitrogen and oxygen atoms in total. The standard InChI is InChI=1S/C33H45NO5/c1-27(2)10-12-32(26(36)38-7)13-11-31(6)25(21(32)18-27)22(35)16-24-28(3)17-20(19-34)33(37)30(5,14-15-39-33)23(28)8-9-29(24,31)4/h16-17,21,23,25,37H,8-15,18H2,1-7H3/t21-,23?,25-,28-,29+,30-,31+,32-,33?/m0/s1. The minimum atomic E-state index is -1.58. The van der Waals surface area contributed by atoms with Crippen LogP contribution in [-0.4, -0.2) is 36.4 Å². The van der Waals surface area contributed by atoms with Gasteiger partial charge in [-0.15, -0.1) is 0 Å². The van der Waals surface area contributed by atoms with Crippen LogP contribution in [0, 0.1) is 61.6 Å². The molecule has 6 rings (SSSR count). The van der Waals surface area contributed by atoms with Crippen molar-refractivity contribution in [3.05, 3.63) is 23.3 Å². The average Bonchev–Trinajstić information content (AvgIpc) is 3.19. The van der Waals surface area contributed by atoms with Gasteiger partial charge in [0, 0.05) is 16.7 Å². The molecule has 0 spiro atoms. The van der Waals surface area contributed by atoms with Gasteiger partial charge in [0.15, 0.2) is 5.78 Å². The Morgan fingerprint density at radius 1 is 1.05 bits per heavy atom. The van der Waals surface area contributed by atoms with Crippen molar-refractivity contribution in [2.75, 3.05) is 13.7 Å². The Bertz CT molecular complexity index is 1260. The normalized spacial score (nSPS) is 51.6. The lowest BCUT2D eigenvalue weighted by Gasteiger charge is -2.69. The van der Waals surface area contributed by atoms with Gasteiger partial charge < -0.3 is 14.6 Å². The molecule has 0 aromatic carbocycles. The van der Waals surface area contributed by atoms with E-state index in [1.807, 2.05) is 12.2 Å². The molecule has 39 heavy (non-hydrogen) atoms. The van der Waals surface area contributed by atoms with Crippen LogP contribution in [0.4, 0.5) is 0 Å². The van der Waals surface area contributed by atoms with Crippen molar-refractivity contribution < 1.29 is 24.2 Å². The van der Waals surface area contributed by atoms with Crippen LogP contribution in [0.25, 0.3) is 0 Å². The molecule has 1 saturated heterocycles. The van der Waals surface area contributed by atoms with Gasteiger partial charge in [-0.25, -0.2) is 0 Å². The van der Waals surface area contributed by atoms with Crippen molar-refractivity contribution in [3.8, 4) is 6.07 Å². The molecule has 6 heteroatoms. The highest BCUT2D eigenvalue weighted by atomic mass is 16.6. The van der Waals surface area contributed by atoms with E-state index < -0.39 is 22.0 Å². The molecule has 0 aromatic heterocycles. The maximum absolute atomic E-state index is 14.5. The Morgan fingerprint density at radius 2 is 1.74 bits per heavy atom. The molecule has 2 unspecified atom stereocenters. The summed E-state index contributed by atoms with van der Waals surface area (Å²) in [5.74, 6) is -1.84. The first-order valence-corrected chi connectivity index (χ1v) is 14.9. The van der Waals surface area contributed by atoms with Gasteiger partial charge in [0.1, 0.15) is 6.07 Å². The van der Waals surface area contributed by atoms with Gasteiger partial charge >= 0.3 is 5.97 Å². The van der Waals surface area contributed by atoms with Crippen molar-refractivity contribution >= 4 is 11.8 Å². The Hall–Kier alpha value is -1.97. The number of aliphatic hydroxyl groups is 1. The predicted molar refractivity (Wildman–Crippen MR) is 146 cm³/mol. The quantitative estimate of drug-likeness (QED) is 0.420. The maximum Gasteiger partial charge on any atom is 0.312 e. The summed E-state index contributed by atoms with van der Waals surface area (Å²) in [6, 6.07) is 2.28. The van der Waals surface area contributed by atoms with Crippen LogP contribution in [0.3, 0.4) is 0 Å². The minimum absolute atomic E-state index is 0.0493.